The molecule has 1 amide bonds. The summed E-state index contributed by atoms with van der Waals surface area (Å²) in [6.45, 7) is 2.28. The smallest absolute Gasteiger partial charge is 0.266 e. The molecule has 2 aromatic heterocycles. The number of ether oxygens (including phenoxy) is 1. The van der Waals surface area contributed by atoms with Gasteiger partial charge in [-0.3, -0.25) is 4.79 Å². The van der Waals surface area contributed by atoms with Crippen LogP contribution in [0.1, 0.15) is 20.2 Å². The summed E-state index contributed by atoms with van der Waals surface area (Å²) < 4.78 is 18.1. The summed E-state index contributed by atoms with van der Waals surface area (Å²) in [7, 11) is 1.58. The zero-order chi connectivity index (χ0) is 17.8. The highest BCUT2D eigenvalue weighted by Gasteiger charge is 2.14. The molecule has 2 heterocycles. The first-order valence-corrected chi connectivity index (χ1v) is 8.36. The van der Waals surface area contributed by atoms with E-state index in [1.54, 1.807) is 31.4 Å². The fourth-order valence-electron chi connectivity index (χ4n) is 2.38. The molecule has 0 saturated heterocycles. The molecule has 0 unspecified atom stereocenters. The number of nitrogens with zero attached hydrogens (tertiary/aromatic N) is 2. The summed E-state index contributed by atoms with van der Waals surface area (Å²) in [5, 5.41) is 2.76. The van der Waals surface area contributed by atoms with Crippen molar-refractivity contribution >= 4 is 23.1 Å². The summed E-state index contributed by atoms with van der Waals surface area (Å²) in [6.07, 6.45) is 1.38. The number of hydrogen-bond acceptors (Lipinski definition) is 5. The number of rotatable bonds is 5. The minimum absolute atomic E-state index is 0.247. The van der Waals surface area contributed by atoms with Gasteiger partial charge in [0, 0.05) is 18.1 Å². The highest BCUT2D eigenvalue weighted by Crippen LogP contribution is 2.31. The Morgan fingerprint density at radius 3 is 2.72 bits per heavy atom. The van der Waals surface area contributed by atoms with Crippen LogP contribution in [0.15, 0.2) is 42.7 Å². The Kier molecular flexibility index (Phi) is 5.16. The first-order valence-electron chi connectivity index (χ1n) is 7.54. The lowest BCUT2D eigenvalue weighted by Crippen LogP contribution is -2.12. The number of carbonyl (C=O) groups excluding carboxylic acids is 1. The first-order chi connectivity index (χ1) is 12.1. The third kappa shape index (κ3) is 4.07. The highest BCUT2D eigenvalue weighted by molar-refractivity contribution is 7.14. The van der Waals surface area contributed by atoms with Crippen LogP contribution in [0.5, 0.6) is 0 Å². The molecule has 0 saturated carbocycles. The van der Waals surface area contributed by atoms with Crippen molar-refractivity contribution in [2.24, 2.45) is 0 Å². The molecule has 0 fully saturated rings. The molecule has 1 N–H and O–H groups in total. The van der Waals surface area contributed by atoms with E-state index in [-0.39, 0.29) is 11.7 Å². The molecule has 0 aliphatic carbocycles. The lowest BCUT2D eigenvalue weighted by Gasteiger charge is -2.04. The molecular weight excluding hydrogens is 341 g/mol. The van der Waals surface area contributed by atoms with Crippen LogP contribution in [0.3, 0.4) is 0 Å². The van der Waals surface area contributed by atoms with E-state index in [2.05, 4.69) is 15.3 Å². The predicted molar refractivity (Wildman–Crippen MR) is 95.1 cm³/mol. The lowest BCUT2D eigenvalue weighted by molar-refractivity contribution is 0.103. The first kappa shape index (κ1) is 17.2. The van der Waals surface area contributed by atoms with Gasteiger partial charge in [0.2, 0.25) is 0 Å². The molecule has 5 nitrogen and oxygen atoms in total. The second-order valence-corrected chi connectivity index (χ2v) is 6.63. The SMILES string of the molecule is COCc1cc(NC(=O)c2cc(-c3ccc(F)cc3)c(C)s2)ncn1. The topological polar surface area (TPSA) is 64.1 Å². The predicted octanol–water partition coefficient (Wildman–Crippen LogP) is 4.05. The zero-order valence-electron chi connectivity index (χ0n) is 13.7. The monoisotopic (exact) mass is 357 g/mol. The number of amides is 1. The number of methoxy groups -OCH3 is 1. The summed E-state index contributed by atoms with van der Waals surface area (Å²) in [5.74, 6) is -0.116. The van der Waals surface area contributed by atoms with Crippen LogP contribution in [-0.2, 0) is 11.3 Å². The minimum Gasteiger partial charge on any atom is -0.378 e. The fraction of sp³-hybridized carbons (Fsp3) is 0.167. The Balaban J connectivity index is 1.80. The van der Waals surface area contributed by atoms with Crippen molar-refractivity contribution in [3.8, 4) is 11.1 Å². The zero-order valence-corrected chi connectivity index (χ0v) is 14.6. The van der Waals surface area contributed by atoms with Crippen LogP contribution < -0.4 is 5.32 Å². The largest absolute Gasteiger partial charge is 0.378 e. The molecule has 3 aromatic rings. The minimum atomic E-state index is -0.287. The van der Waals surface area contributed by atoms with E-state index >= 15 is 0 Å². The van der Waals surface area contributed by atoms with Crippen LogP contribution in [-0.4, -0.2) is 23.0 Å². The van der Waals surface area contributed by atoms with Gasteiger partial charge in [-0.1, -0.05) is 12.1 Å². The summed E-state index contributed by atoms with van der Waals surface area (Å²) in [4.78, 5) is 22.1. The Morgan fingerprint density at radius 1 is 1.24 bits per heavy atom. The number of nitrogens with one attached hydrogen (secondary N) is 1. The number of benzene rings is 1. The van der Waals surface area contributed by atoms with E-state index in [1.165, 1.54) is 29.8 Å². The van der Waals surface area contributed by atoms with E-state index in [0.29, 0.717) is 23.0 Å². The lowest BCUT2D eigenvalue weighted by atomic mass is 10.1. The quantitative estimate of drug-likeness (QED) is 0.748. The van der Waals surface area contributed by atoms with Gasteiger partial charge < -0.3 is 10.1 Å². The van der Waals surface area contributed by atoms with Crippen LogP contribution in [0.2, 0.25) is 0 Å². The fourth-order valence-corrected chi connectivity index (χ4v) is 3.32. The maximum atomic E-state index is 13.1. The second-order valence-electron chi connectivity index (χ2n) is 5.37. The second kappa shape index (κ2) is 7.50. The van der Waals surface area contributed by atoms with Crippen molar-refractivity contribution in [1.29, 1.82) is 0 Å². The van der Waals surface area contributed by atoms with Gasteiger partial charge in [-0.15, -0.1) is 11.3 Å². The summed E-state index contributed by atoms with van der Waals surface area (Å²) >= 11 is 1.38. The average Bonchev–Trinajstić information content (AvgIpc) is 2.98. The van der Waals surface area contributed by atoms with Gasteiger partial charge in [0.05, 0.1) is 17.2 Å². The van der Waals surface area contributed by atoms with Gasteiger partial charge in [-0.05, 0) is 36.2 Å². The van der Waals surface area contributed by atoms with E-state index in [9.17, 15) is 9.18 Å². The molecule has 1 aromatic carbocycles. The molecular formula is C18H16FN3O2S. The van der Waals surface area contributed by atoms with Crippen LogP contribution >= 0.6 is 11.3 Å². The Labute approximate surface area is 148 Å². The van der Waals surface area contributed by atoms with Crippen molar-refractivity contribution in [1.82, 2.24) is 9.97 Å². The highest BCUT2D eigenvalue weighted by atomic mass is 32.1. The van der Waals surface area contributed by atoms with E-state index in [4.69, 9.17) is 4.74 Å². The van der Waals surface area contributed by atoms with Crippen molar-refractivity contribution in [3.05, 3.63) is 64.0 Å². The normalized spacial score (nSPS) is 10.7. The van der Waals surface area contributed by atoms with Crippen LogP contribution in [0.4, 0.5) is 10.2 Å². The van der Waals surface area contributed by atoms with Gasteiger partial charge >= 0.3 is 0 Å². The van der Waals surface area contributed by atoms with Gasteiger partial charge in [0.1, 0.15) is 18.0 Å². The number of carbonyl (C=O) groups is 1. The van der Waals surface area contributed by atoms with Crippen molar-refractivity contribution < 1.29 is 13.9 Å². The maximum Gasteiger partial charge on any atom is 0.266 e. The molecule has 25 heavy (non-hydrogen) atoms. The van der Waals surface area contributed by atoms with E-state index in [1.807, 2.05) is 6.92 Å². The van der Waals surface area contributed by atoms with E-state index in [0.717, 1.165) is 16.0 Å². The maximum absolute atomic E-state index is 13.1. The molecule has 7 heteroatoms. The van der Waals surface area contributed by atoms with Gasteiger partial charge in [0.15, 0.2) is 0 Å². The number of anilines is 1. The Morgan fingerprint density at radius 2 is 2.00 bits per heavy atom. The van der Waals surface area contributed by atoms with Crippen LogP contribution in [0, 0.1) is 12.7 Å². The summed E-state index contributed by atoms with van der Waals surface area (Å²) in [5.41, 5.74) is 2.47. The molecule has 0 atom stereocenters. The van der Waals surface area contributed by atoms with Crippen LogP contribution in [0.25, 0.3) is 11.1 Å². The number of aromatic nitrogens is 2. The molecule has 0 aliphatic heterocycles. The third-order valence-electron chi connectivity index (χ3n) is 3.55. The number of thiophene rings is 1. The molecule has 0 aliphatic rings. The standard InChI is InChI=1S/C18H16FN3O2S/c1-11-15(12-3-5-13(19)6-4-12)8-16(25-11)18(23)22-17-7-14(9-24-2)20-10-21-17/h3-8,10H,9H2,1-2H3,(H,20,21,22,23). The molecule has 0 bridgehead atoms. The van der Waals surface area contributed by atoms with Crippen molar-refractivity contribution in [2.45, 2.75) is 13.5 Å². The Hall–Kier alpha value is -2.64. The van der Waals surface area contributed by atoms with Crippen molar-refractivity contribution in [3.63, 3.8) is 0 Å². The summed E-state index contributed by atoms with van der Waals surface area (Å²) in [6, 6.07) is 9.69. The average molecular weight is 357 g/mol. The van der Waals surface area contributed by atoms with Gasteiger partial charge in [-0.2, -0.15) is 0 Å². The molecule has 0 radical (unpaired) electrons. The number of aryl methyl sites for hydroxylation is 1. The number of hydrogen-bond donors (Lipinski definition) is 1. The van der Waals surface area contributed by atoms with Gasteiger partial charge in [0.25, 0.3) is 5.91 Å². The molecule has 3 rings (SSSR count). The Bertz CT molecular complexity index is 894. The van der Waals surface area contributed by atoms with E-state index < -0.39 is 0 Å². The molecule has 0 spiro atoms. The number of halogens is 1. The molecule has 128 valence electrons. The third-order valence-corrected chi connectivity index (χ3v) is 4.60. The van der Waals surface area contributed by atoms with Crippen molar-refractivity contribution in [2.75, 3.05) is 12.4 Å². The van der Waals surface area contributed by atoms with Gasteiger partial charge in [-0.25, -0.2) is 14.4 Å².